The first kappa shape index (κ1) is 18.7. The number of halogens is 1. The summed E-state index contributed by atoms with van der Waals surface area (Å²) in [7, 11) is 1.71. The molecule has 2 aliphatic rings. The van der Waals surface area contributed by atoms with E-state index in [1.807, 2.05) is 18.2 Å². The third-order valence-corrected chi connectivity index (χ3v) is 7.23. The van der Waals surface area contributed by atoms with Crippen molar-refractivity contribution in [2.45, 2.75) is 37.0 Å². The van der Waals surface area contributed by atoms with Gasteiger partial charge in [-0.2, -0.15) is 0 Å². The minimum atomic E-state index is -0.276. The Bertz CT molecular complexity index is 1040. The Morgan fingerprint density at radius 3 is 2.52 bits per heavy atom. The smallest absolute Gasteiger partial charge is 0.233 e. The number of likely N-dealkylation sites (tertiary alicyclic amines) is 1. The minimum Gasteiger partial charge on any atom is -0.497 e. The van der Waals surface area contributed by atoms with Crippen LogP contribution >= 0.6 is 15.9 Å². The van der Waals surface area contributed by atoms with E-state index in [0.717, 1.165) is 60.1 Å². The average Bonchev–Trinajstić information content (AvgIpc) is 3.47. The maximum atomic E-state index is 13.3. The second-order valence-corrected chi connectivity index (χ2v) is 9.23. The molecule has 3 aromatic rings. The Morgan fingerprint density at radius 1 is 1.14 bits per heavy atom. The number of aromatic nitrogens is 1. The molecule has 0 bridgehead atoms. The summed E-state index contributed by atoms with van der Waals surface area (Å²) in [5.74, 6) is 1.68. The standard InChI is InChI=1S/C24H25BrN2O2/c1-29-19-6-7-22-20(14-19)21(15-26-22)16-8-12-27(13-9-16)23(28)24(10-11-24)17-2-4-18(25)5-3-17/h2-7,14-16,26H,8-13H2,1H3. The number of carbonyl (C=O) groups excluding carboxylic acids is 1. The number of fused-ring (bicyclic) bond motifs is 1. The lowest BCUT2D eigenvalue weighted by Gasteiger charge is -2.34. The van der Waals surface area contributed by atoms with Gasteiger partial charge in [0.15, 0.2) is 0 Å². The second kappa shape index (κ2) is 7.21. The Balaban J connectivity index is 1.31. The number of piperidine rings is 1. The highest BCUT2D eigenvalue weighted by atomic mass is 79.9. The third kappa shape index (κ3) is 3.25. The maximum absolute atomic E-state index is 13.3. The highest BCUT2D eigenvalue weighted by Crippen LogP contribution is 2.50. The Hall–Kier alpha value is -2.27. The van der Waals surface area contributed by atoms with Crippen molar-refractivity contribution in [3.8, 4) is 5.75 Å². The summed E-state index contributed by atoms with van der Waals surface area (Å²) >= 11 is 3.49. The number of benzene rings is 2. The number of hydrogen-bond acceptors (Lipinski definition) is 2. The number of aromatic amines is 1. The Kier molecular flexibility index (Phi) is 4.66. The Morgan fingerprint density at radius 2 is 1.86 bits per heavy atom. The molecule has 2 fully saturated rings. The van der Waals surface area contributed by atoms with Crippen molar-refractivity contribution in [2.75, 3.05) is 20.2 Å². The first-order chi connectivity index (χ1) is 14.1. The fourth-order valence-electron chi connectivity index (χ4n) is 4.80. The highest BCUT2D eigenvalue weighted by Gasteiger charge is 2.53. The summed E-state index contributed by atoms with van der Waals surface area (Å²) in [4.78, 5) is 18.8. The molecule has 0 radical (unpaired) electrons. The van der Waals surface area contributed by atoms with E-state index >= 15 is 0 Å². The van der Waals surface area contributed by atoms with Crippen LogP contribution in [0.25, 0.3) is 10.9 Å². The quantitative estimate of drug-likeness (QED) is 0.577. The third-order valence-electron chi connectivity index (χ3n) is 6.70. The number of nitrogens with zero attached hydrogens (tertiary/aromatic N) is 1. The molecule has 0 atom stereocenters. The van der Waals surface area contributed by atoms with Gasteiger partial charge in [-0.1, -0.05) is 28.1 Å². The second-order valence-electron chi connectivity index (χ2n) is 8.31. The summed E-state index contributed by atoms with van der Waals surface area (Å²) in [5.41, 5.74) is 3.38. The lowest BCUT2D eigenvalue weighted by atomic mass is 9.87. The first-order valence-electron chi connectivity index (χ1n) is 10.3. The maximum Gasteiger partial charge on any atom is 0.233 e. The highest BCUT2D eigenvalue weighted by molar-refractivity contribution is 9.10. The molecule has 0 unspecified atom stereocenters. The molecule has 5 heteroatoms. The summed E-state index contributed by atoms with van der Waals surface area (Å²) in [6.07, 6.45) is 6.08. The lowest BCUT2D eigenvalue weighted by molar-refractivity contribution is -0.135. The van der Waals surface area contributed by atoms with Gasteiger partial charge in [0.2, 0.25) is 5.91 Å². The van der Waals surface area contributed by atoms with Crippen LogP contribution in [-0.4, -0.2) is 36.0 Å². The molecule has 29 heavy (non-hydrogen) atoms. The molecule has 1 aliphatic heterocycles. The van der Waals surface area contributed by atoms with Crippen molar-refractivity contribution in [3.63, 3.8) is 0 Å². The number of ether oxygens (including phenoxy) is 1. The minimum absolute atomic E-state index is 0.276. The number of hydrogen-bond donors (Lipinski definition) is 1. The van der Waals surface area contributed by atoms with Crippen LogP contribution in [0.3, 0.4) is 0 Å². The van der Waals surface area contributed by atoms with Crippen molar-refractivity contribution in [2.24, 2.45) is 0 Å². The monoisotopic (exact) mass is 452 g/mol. The molecular weight excluding hydrogens is 428 g/mol. The molecule has 1 amide bonds. The Labute approximate surface area is 179 Å². The normalized spacial score (nSPS) is 18.8. The molecule has 1 aromatic heterocycles. The van der Waals surface area contributed by atoms with Gasteiger partial charge >= 0.3 is 0 Å². The van der Waals surface area contributed by atoms with Gasteiger partial charge in [0.1, 0.15) is 5.75 Å². The fourth-order valence-corrected chi connectivity index (χ4v) is 5.07. The van der Waals surface area contributed by atoms with Gasteiger partial charge in [-0.25, -0.2) is 0 Å². The van der Waals surface area contributed by atoms with Gasteiger partial charge in [0, 0.05) is 34.7 Å². The molecule has 1 saturated heterocycles. The van der Waals surface area contributed by atoms with Crippen molar-refractivity contribution in [3.05, 3.63) is 64.3 Å². The molecule has 0 spiro atoms. The van der Waals surface area contributed by atoms with Gasteiger partial charge in [-0.05, 0) is 73.1 Å². The molecule has 5 rings (SSSR count). The van der Waals surface area contributed by atoms with Gasteiger partial charge in [0.05, 0.1) is 12.5 Å². The van der Waals surface area contributed by atoms with Crippen molar-refractivity contribution in [1.29, 1.82) is 0 Å². The van der Waals surface area contributed by atoms with E-state index in [2.05, 4.69) is 56.3 Å². The molecule has 150 valence electrons. The van der Waals surface area contributed by atoms with Gasteiger partial charge in [0.25, 0.3) is 0 Å². The van der Waals surface area contributed by atoms with E-state index in [1.54, 1.807) is 7.11 Å². The van der Waals surface area contributed by atoms with E-state index < -0.39 is 0 Å². The topological polar surface area (TPSA) is 45.3 Å². The zero-order chi connectivity index (χ0) is 20.0. The SMILES string of the molecule is COc1ccc2[nH]cc(C3CCN(C(=O)C4(c5ccc(Br)cc5)CC4)CC3)c2c1. The molecule has 1 N–H and O–H groups in total. The van der Waals surface area contributed by atoms with Crippen LogP contribution in [0.4, 0.5) is 0 Å². The molecule has 2 heterocycles. The first-order valence-corrected chi connectivity index (χ1v) is 11.1. The molecule has 1 aliphatic carbocycles. The van der Waals surface area contributed by atoms with Crippen LogP contribution in [0.2, 0.25) is 0 Å². The van der Waals surface area contributed by atoms with Crippen LogP contribution in [0.15, 0.2) is 53.1 Å². The van der Waals surface area contributed by atoms with Crippen LogP contribution < -0.4 is 4.74 Å². The number of amides is 1. The number of nitrogens with one attached hydrogen (secondary N) is 1. The summed E-state index contributed by atoms with van der Waals surface area (Å²) in [5, 5.41) is 1.24. The van der Waals surface area contributed by atoms with Crippen LogP contribution in [0.5, 0.6) is 5.75 Å². The molecule has 2 aromatic carbocycles. The average molecular weight is 453 g/mol. The molecule has 4 nitrogen and oxygen atoms in total. The van der Waals surface area contributed by atoms with Gasteiger partial charge in [-0.15, -0.1) is 0 Å². The van der Waals surface area contributed by atoms with Crippen molar-refractivity contribution >= 4 is 32.7 Å². The summed E-state index contributed by atoms with van der Waals surface area (Å²) < 4.78 is 6.46. The van der Waals surface area contributed by atoms with E-state index in [4.69, 9.17) is 4.74 Å². The van der Waals surface area contributed by atoms with Crippen LogP contribution in [0.1, 0.15) is 42.7 Å². The lowest BCUT2D eigenvalue weighted by Crippen LogP contribution is -2.43. The van der Waals surface area contributed by atoms with Crippen molar-refractivity contribution in [1.82, 2.24) is 9.88 Å². The van der Waals surface area contributed by atoms with Gasteiger partial charge in [-0.3, -0.25) is 4.79 Å². The number of methoxy groups -OCH3 is 1. The number of rotatable bonds is 4. The van der Waals surface area contributed by atoms with E-state index in [1.165, 1.54) is 10.9 Å². The predicted octanol–water partition coefficient (Wildman–Crippen LogP) is 5.38. The van der Waals surface area contributed by atoms with E-state index in [-0.39, 0.29) is 5.41 Å². The van der Waals surface area contributed by atoms with Crippen LogP contribution in [0, 0.1) is 0 Å². The number of carbonyl (C=O) groups is 1. The summed E-state index contributed by atoms with van der Waals surface area (Å²) in [6.45, 7) is 1.66. The van der Waals surface area contributed by atoms with E-state index in [0.29, 0.717) is 11.8 Å². The number of H-pyrrole nitrogens is 1. The largest absolute Gasteiger partial charge is 0.497 e. The van der Waals surface area contributed by atoms with Crippen molar-refractivity contribution < 1.29 is 9.53 Å². The molecular formula is C24H25BrN2O2. The predicted molar refractivity (Wildman–Crippen MR) is 118 cm³/mol. The zero-order valence-corrected chi connectivity index (χ0v) is 18.2. The molecule has 1 saturated carbocycles. The van der Waals surface area contributed by atoms with E-state index in [9.17, 15) is 4.79 Å². The fraction of sp³-hybridized carbons (Fsp3) is 0.375. The van der Waals surface area contributed by atoms with Gasteiger partial charge < -0.3 is 14.6 Å². The summed E-state index contributed by atoms with van der Waals surface area (Å²) in [6, 6.07) is 14.5. The van der Waals surface area contributed by atoms with Crippen LogP contribution in [-0.2, 0) is 10.2 Å². The zero-order valence-electron chi connectivity index (χ0n) is 16.6.